The summed E-state index contributed by atoms with van der Waals surface area (Å²) in [5, 5.41) is 3.03. The molecule has 2 fully saturated rings. The quantitative estimate of drug-likeness (QED) is 0.728. The molecule has 0 radical (unpaired) electrons. The molecule has 92 valence electrons. The Morgan fingerprint density at radius 1 is 1.38 bits per heavy atom. The van der Waals surface area contributed by atoms with Crippen LogP contribution in [-0.4, -0.2) is 31.2 Å². The van der Waals surface area contributed by atoms with Gasteiger partial charge in [0.2, 0.25) is 5.91 Å². The largest absolute Gasteiger partial charge is 0.378 e. The number of ether oxygens (including phenoxy) is 1. The lowest BCUT2D eigenvalue weighted by Crippen LogP contribution is -2.43. The first-order chi connectivity index (χ1) is 7.79. The summed E-state index contributed by atoms with van der Waals surface area (Å²) in [5.41, 5.74) is 5.65. The maximum absolute atomic E-state index is 11.8. The van der Waals surface area contributed by atoms with Crippen molar-refractivity contribution in [2.45, 2.75) is 50.7 Å². The molecule has 0 bridgehead atoms. The van der Waals surface area contributed by atoms with Crippen LogP contribution < -0.4 is 11.1 Å². The van der Waals surface area contributed by atoms with E-state index in [0.717, 1.165) is 19.4 Å². The van der Waals surface area contributed by atoms with Gasteiger partial charge < -0.3 is 15.8 Å². The lowest BCUT2D eigenvalue weighted by atomic mass is 10.1. The highest BCUT2D eigenvalue weighted by Crippen LogP contribution is 2.32. The Bertz CT molecular complexity index is 235. The molecule has 4 heteroatoms. The maximum atomic E-state index is 11.8. The number of hydrogen-bond acceptors (Lipinski definition) is 3. The standard InChI is InChI=1S/C12H22N2O2/c13-8-11(9-4-5-9)14-12(15)7-10-3-1-2-6-16-10/h9-11H,1-8,13H2,(H,14,15). The molecule has 0 aromatic rings. The van der Waals surface area contributed by atoms with Crippen molar-refractivity contribution in [3.05, 3.63) is 0 Å². The Morgan fingerprint density at radius 2 is 2.19 bits per heavy atom. The van der Waals surface area contributed by atoms with E-state index in [1.54, 1.807) is 0 Å². The van der Waals surface area contributed by atoms with E-state index in [9.17, 15) is 4.79 Å². The summed E-state index contributed by atoms with van der Waals surface area (Å²) in [7, 11) is 0. The van der Waals surface area contributed by atoms with Gasteiger partial charge in [0.15, 0.2) is 0 Å². The van der Waals surface area contributed by atoms with Crippen LogP contribution in [0.15, 0.2) is 0 Å². The zero-order valence-corrected chi connectivity index (χ0v) is 9.78. The number of rotatable bonds is 5. The topological polar surface area (TPSA) is 64.3 Å². The van der Waals surface area contributed by atoms with Crippen molar-refractivity contribution < 1.29 is 9.53 Å². The van der Waals surface area contributed by atoms with Gasteiger partial charge in [-0.3, -0.25) is 4.79 Å². The summed E-state index contributed by atoms with van der Waals surface area (Å²) >= 11 is 0. The van der Waals surface area contributed by atoms with Crippen LogP contribution in [0.4, 0.5) is 0 Å². The Kier molecular flexibility index (Phi) is 4.18. The van der Waals surface area contributed by atoms with E-state index >= 15 is 0 Å². The van der Waals surface area contributed by atoms with Gasteiger partial charge in [0, 0.05) is 19.2 Å². The third-order valence-electron chi connectivity index (χ3n) is 3.48. The van der Waals surface area contributed by atoms with Gasteiger partial charge >= 0.3 is 0 Å². The molecule has 3 N–H and O–H groups in total. The van der Waals surface area contributed by atoms with E-state index in [2.05, 4.69) is 5.32 Å². The van der Waals surface area contributed by atoms with Gasteiger partial charge in [-0.15, -0.1) is 0 Å². The first kappa shape index (κ1) is 11.9. The number of nitrogens with one attached hydrogen (secondary N) is 1. The minimum atomic E-state index is 0.106. The monoisotopic (exact) mass is 226 g/mol. The van der Waals surface area contributed by atoms with Crippen molar-refractivity contribution in [1.29, 1.82) is 0 Å². The molecule has 2 atom stereocenters. The minimum Gasteiger partial charge on any atom is -0.378 e. The summed E-state index contributed by atoms with van der Waals surface area (Å²) in [4.78, 5) is 11.8. The lowest BCUT2D eigenvalue weighted by molar-refractivity contribution is -0.125. The molecular weight excluding hydrogens is 204 g/mol. The van der Waals surface area contributed by atoms with Crippen molar-refractivity contribution in [2.24, 2.45) is 11.7 Å². The SMILES string of the molecule is NCC(NC(=O)CC1CCCCO1)C1CC1. The number of amides is 1. The van der Waals surface area contributed by atoms with Crippen LogP contribution in [0.25, 0.3) is 0 Å². The van der Waals surface area contributed by atoms with E-state index in [4.69, 9.17) is 10.5 Å². The van der Waals surface area contributed by atoms with Crippen molar-refractivity contribution >= 4 is 5.91 Å². The Labute approximate surface area is 96.9 Å². The number of nitrogens with two attached hydrogens (primary N) is 1. The second-order valence-corrected chi connectivity index (χ2v) is 4.94. The summed E-state index contributed by atoms with van der Waals surface area (Å²) in [6, 6.07) is 0.191. The fourth-order valence-electron chi connectivity index (χ4n) is 2.31. The molecule has 1 heterocycles. The normalized spacial score (nSPS) is 27.4. The third kappa shape index (κ3) is 3.46. The first-order valence-electron chi connectivity index (χ1n) is 6.40. The zero-order chi connectivity index (χ0) is 11.4. The predicted octanol–water partition coefficient (Wildman–Crippen LogP) is 0.799. The van der Waals surface area contributed by atoms with Crippen molar-refractivity contribution in [2.75, 3.05) is 13.2 Å². The van der Waals surface area contributed by atoms with Gasteiger partial charge in [0.25, 0.3) is 0 Å². The fraction of sp³-hybridized carbons (Fsp3) is 0.917. The number of carbonyl (C=O) groups is 1. The molecule has 0 spiro atoms. The highest BCUT2D eigenvalue weighted by Gasteiger charge is 2.31. The molecule has 1 amide bonds. The van der Waals surface area contributed by atoms with E-state index in [1.807, 2.05) is 0 Å². The average Bonchev–Trinajstić information content (AvgIpc) is 3.11. The molecule has 2 aliphatic rings. The Morgan fingerprint density at radius 3 is 2.75 bits per heavy atom. The fourth-order valence-corrected chi connectivity index (χ4v) is 2.31. The third-order valence-corrected chi connectivity index (χ3v) is 3.48. The number of hydrogen-bond donors (Lipinski definition) is 2. The smallest absolute Gasteiger partial charge is 0.222 e. The zero-order valence-electron chi connectivity index (χ0n) is 9.78. The Hall–Kier alpha value is -0.610. The summed E-state index contributed by atoms with van der Waals surface area (Å²) in [5.74, 6) is 0.732. The molecule has 1 saturated heterocycles. The van der Waals surface area contributed by atoms with Gasteiger partial charge in [0.1, 0.15) is 0 Å². The first-order valence-corrected chi connectivity index (χ1v) is 6.40. The van der Waals surface area contributed by atoms with Gasteiger partial charge in [-0.2, -0.15) is 0 Å². The van der Waals surface area contributed by atoms with E-state index in [-0.39, 0.29) is 18.1 Å². The predicted molar refractivity (Wildman–Crippen MR) is 61.9 cm³/mol. The molecule has 0 aromatic heterocycles. The summed E-state index contributed by atoms with van der Waals surface area (Å²) < 4.78 is 5.55. The van der Waals surface area contributed by atoms with Crippen molar-refractivity contribution in [3.8, 4) is 0 Å². The van der Waals surface area contributed by atoms with Gasteiger partial charge in [-0.05, 0) is 38.0 Å². The average molecular weight is 226 g/mol. The van der Waals surface area contributed by atoms with E-state index in [1.165, 1.54) is 19.3 Å². The second-order valence-electron chi connectivity index (χ2n) is 4.94. The van der Waals surface area contributed by atoms with Gasteiger partial charge in [-0.1, -0.05) is 0 Å². The van der Waals surface area contributed by atoms with Crippen LogP contribution in [0.3, 0.4) is 0 Å². The van der Waals surface area contributed by atoms with Crippen LogP contribution in [0.1, 0.15) is 38.5 Å². The molecule has 1 aliphatic heterocycles. The van der Waals surface area contributed by atoms with Gasteiger partial charge in [-0.25, -0.2) is 0 Å². The highest BCUT2D eigenvalue weighted by molar-refractivity contribution is 5.76. The highest BCUT2D eigenvalue weighted by atomic mass is 16.5. The Balaban J connectivity index is 1.69. The van der Waals surface area contributed by atoms with Crippen molar-refractivity contribution in [3.63, 3.8) is 0 Å². The van der Waals surface area contributed by atoms with E-state index < -0.39 is 0 Å². The summed E-state index contributed by atoms with van der Waals surface area (Å²) in [6.07, 6.45) is 6.38. The van der Waals surface area contributed by atoms with Crippen LogP contribution >= 0.6 is 0 Å². The van der Waals surface area contributed by atoms with Crippen LogP contribution in [-0.2, 0) is 9.53 Å². The maximum Gasteiger partial charge on any atom is 0.222 e. The molecule has 1 saturated carbocycles. The minimum absolute atomic E-state index is 0.106. The van der Waals surface area contributed by atoms with Crippen LogP contribution in [0.2, 0.25) is 0 Å². The van der Waals surface area contributed by atoms with Crippen molar-refractivity contribution in [1.82, 2.24) is 5.32 Å². The van der Waals surface area contributed by atoms with Crippen LogP contribution in [0, 0.1) is 5.92 Å². The number of carbonyl (C=O) groups excluding carboxylic acids is 1. The van der Waals surface area contributed by atoms with Gasteiger partial charge in [0.05, 0.1) is 12.5 Å². The molecular formula is C12H22N2O2. The van der Waals surface area contributed by atoms with E-state index in [0.29, 0.717) is 18.9 Å². The molecule has 2 unspecified atom stereocenters. The molecule has 4 nitrogen and oxygen atoms in total. The molecule has 0 aromatic carbocycles. The second kappa shape index (κ2) is 5.64. The molecule has 2 rings (SSSR count). The molecule has 1 aliphatic carbocycles. The lowest BCUT2D eigenvalue weighted by Gasteiger charge is -2.23. The molecule has 16 heavy (non-hydrogen) atoms. The summed E-state index contributed by atoms with van der Waals surface area (Å²) in [6.45, 7) is 1.36. The van der Waals surface area contributed by atoms with Crippen LogP contribution in [0.5, 0.6) is 0 Å².